The van der Waals surface area contributed by atoms with Gasteiger partial charge >= 0.3 is 0 Å². The van der Waals surface area contributed by atoms with Crippen molar-refractivity contribution >= 4 is 0 Å². The molecule has 0 amide bonds. The highest BCUT2D eigenvalue weighted by Crippen LogP contribution is 2.28. The minimum Gasteiger partial charge on any atom is -0.307 e. The Hall–Kier alpha value is -0.870. The minimum atomic E-state index is 0.0321. The summed E-state index contributed by atoms with van der Waals surface area (Å²) in [7, 11) is 6.16. The van der Waals surface area contributed by atoms with Crippen LogP contribution < -0.4 is 5.32 Å². The topological polar surface area (TPSA) is 33.1 Å². The van der Waals surface area contributed by atoms with Crippen molar-refractivity contribution in [3.63, 3.8) is 0 Å². The molecule has 4 nitrogen and oxygen atoms in total. The molecule has 0 saturated heterocycles. The first-order chi connectivity index (χ1) is 7.39. The standard InChI is InChI=1S/C12H24N4/c1-7-13-11(12(2,3)15(4)5)10-8-9-16(6)14-10/h8-9,11,13H,7H2,1-6H3. The highest BCUT2D eigenvalue weighted by molar-refractivity contribution is 5.12. The van der Waals surface area contributed by atoms with Gasteiger partial charge in [-0.1, -0.05) is 6.92 Å². The summed E-state index contributed by atoms with van der Waals surface area (Å²) in [5, 5.41) is 8.02. The molecule has 1 rings (SSSR count). The Morgan fingerprint density at radius 1 is 1.50 bits per heavy atom. The van der Waals surface area contributed by atoms with E-state index in [1.807, 2.05) is 17.9 Å². The zero-order chi connectivity index (χ0) is 12.3. The van der Waals surface area contributed by atoms with Gasteiger partial charge in [-0.15, -0.1) is 0 Å². The molecule has 1 unspecified atom stereocenters. The summed E-state index contributed by atoms with van der Waals surface area (Å²) in [5.41, 5.74) is 1.13. The van der Waals surface area contributed by atoms with Gasteiger partial charge in [0.1, 0.15) is 0 Å². The van der Waals surface area contributed by atoms with Crippen LogP contribution in [0.5, 0.6) is 0 Å². The Balaban J connectivity index is 2.99. The summed E-state index contributed by atoms with van der Waals surface area (Å²) >= 11 is 0. The van der Waals surface area contributed by atoms with E-state index in [9.17, 15) is 0 Å². The fraction of sp³-hybridized carbons (Fsp3) is 0.750. The van der Waals surface area contributed by atoms with Crippen molar-refractivity contribution in [1.29, 1.82) is 0 Å². The van der Waals surface area contributed by atoms with Gasteiger partial charge in [-0.25, -0.2) is 0 Å². The molecule has 0 saturated carbocycles. The average molecular weight is 224 g/mol. The van der Waals surface area contributed by atoms with Crippen LogP contribution in [-0.2, 0) is 7.05 Å². The maximum atomic E-state index is 4.51. The number of hydrogen-bond donors (Lipinski definition) is 1. The highest BCUT2D eigenvalue weighted by Gasteiger charge is 2.33. The largest absolute Gasteiger partial charge is 0.307 e. The van der Waals surface area contributed by atoms with E-state index in [0.717, 1.165) is 12.2 Å². The summed E-state index contributed by atoms with van der Waals surface area (Å²) in [6, 6.07) is 2.33. The van der Waals surface area contributed by atoms with Crippen molar-refractivity contribution in [2.75, 3.05) is 20.6 Å². The second kappa shape index (κ2) is 4.97. The van der Waals surface area contributed by atoms with Gasteiger partial charge in [0, 0.05) is 18.8 Å². The van der Waals surface area contributed by atoms with E-state index >= 15 is 0 Å². The quantitative estimate of drug-likeness (QED) is 0.821. The van der Waals surface area contributed by atoms with Crippen LogP contribution in [0.1, 0.15) is 32.5 Å². The van der Waals surface area contributed by atoms with Crippen LogP contribution in [0.3, 0.4) is 0 Å². The summed E-state index contributed by atoms with van der Waals surface area (Å²) in [5.74, 6) is 0. The Morgan fingerprint density at radius 2 is 2.12 bits per heavy atom. The summed E-state index contributed by atoms with van der Waals surface area (Å²) in [4.78, 5) is 2.23. The molecule has 0 fully saturated rings. The summed E-state index contributed by atoms with van der Waals surface area (Å²) in [6.07, 6.45) is 1.99. The van der Waals surface area contributed by atoms with Crippen LogP contribution >= 0.6 is 0 Å². The lowest BCUT2D eigenvalue weighted by Gasteiger charge is -2.39. The fourth-order valence-corrected chi connectivity index (χ4v) is 1.77. The monoisotopic (exact) mass is 224 g/mol. The van der Waals surface area contributed by atoms with Gasteiger partial charge in [-0.05, 0) is 40.6 Å². The van der Waals surface area contributed by atoms with E-state index in [0.29, 0.717) is 0 Å². The lowest BCUT2D eigenvalue weighted by Crippen LogP contribution is -2.49. The zero-order valence-electron chi connectivity index (χ0n) is 11.3. The van der Waals surface area contributed by atoms with E-state index in [4.69, 9.17) is 0 Å². The van der Waals surface area contributed by atoms with Gasteiger partial charge in [0.25, 0.3) is 0 Å². The number of likely N-dealkylation sites (N-methyl/N-ethyl adjacent to an activating group) is 2. The predicted molar refractivity (Wildman–Crippen MR) is 67.4 cm³/mol. The van der Waals surface area contributed by atoms with Crippen LogP contribution in [-0.4, -0.2) is 40.9 Å². The van der Waals surface area contributed by atoms with Crippen LogP contribution in [0.4, 0.5) is 0 Å². The van der Waals surface area contributed by atoms with E-state index in [1.54, 1.807) is 0 Å². The molecule has 92 valence electrons. The van der Waals surface area contributed by atoms with E-state index < -0.39 is 0 Å². The number of aromatic nitrogens is 2. The third-order valence-electron chi connectivity index (χ3n) is 3.30. The first kappa shape index (κ1) is 13.2. The van der Waals surface area contributed by atoms with Crippen molar-refractivity contribution < 1.29 is 0 Å². The normalized spacial score (nSPS) is 14.4. The molecule has 1 atom stereocenters. The molecule has 0 aromatic carbocycles. The van der Waals surface area contributed by atoms with Crippen molar-refractivity contribution in [3.05, 3.63) is 18.0 Å². The van der Waals surface area contributed by atoms with Crippen molar-refractivity contribution in [1.82, 2.24) is 20.0 Å². The van der Waals surface area contributed by atoms with Gasteiger partial charge in [-0.2, -0.15) is 5.10 Å². The lowest BCUT2D eigenvalue weighted by molar-refractivity contribution is 0.136. The average Bonchev–Trinajstić information content (AvgIpc) is 2.60. The van der Waals surface area contributed by atoms with Gasteiger partial charge in [0.05, 0.1) is 11.7 Å². The second-order valence-electron chi connectivity index (χ2n) is 4.95. The Labute approximate surface area is 98.6 Å². The predicted octanol–water partition coefficient (Wildman–Crippen LogP) is 1.41. The minimum absolute atomic E-state index is 0.0321. The molecule has 0 bridgehead atoms. The van der Waals surface area contributed by atoms with Gasteiger partial charge in [0.2, 0.25) is 0 Å². The molecule has 16 heavy (non-hydrogen) atoms. The Bertz CT molecular complexity index is 328. The number of nitrogens with one attached hydrogen (secondary N) is 1. The number of rotatable bonds is 5. The number of nitrogens with zero attached hydrogens (tertiary/aromatic N) is 3. The van der Waals surface area contributed by atoms with Crippen LogP contribution in [0.15, 0.2) is 12.3 Å². The summed E-state index contributed by atoms with van der Waals surface area (Å²) in [6.45, 7) is 7.53. The third kappa shape index (κ3) is 2.62. The van der Waals surface area contributed by atoms with Gasteiger partial charge in [-0.3, -0.25) is 4.68 Å². The molecule has 0 spiro atoms. The van der Waals surface area contributed by atoms with Crippen LogP contribution in [0.25, 0.3) is 0 Å². The summed E-state index contributed by atoms with van der Waals surface area (Å²) < 4.78 is 1.85. The first-order valence-corrected chi connectivity index (χ1v) is 5.80. The van der Waals surface area contributed by atoms with E-state index in [1.165, 1.54) is 0 Å². The number of aryl methyl sites for hydroxylation is 1. The van der Waals surface area contributed by atoms with Crippen molar-refractivity contribution in [2.24, 2.45) is 7.05 Å². The molecular formula is C12H24N4. The zero-order valence-corrected chi connectivity index (χ0v) is 11.3. The molecule has 1 N–H and O–H groups in total. The molecule has 1 aromatic rings. The highest BCUT2D eigenvalue weighted by atomic mass is 15.3. The molecular weight excluding hydrogens is 200 g/mol. The van der Waals surface area contributed by atoms with Crippen LogP contribution in [0, 0.1) is 0 Å². The Morgan fingerprint density at radius 3 is 2.50 bits per heavy atom. The molecule has 0 aliphatic carbocycles. The maximum absolute atomic E-state index is 4.51. The molecule has 0 aliphatic rings. The van der Waals surface area contributed by atoms with Crippen molar-refractivity contribution in [2.45, 2.75) is 32.4 Å². The SMILES string of the molecule is CCNC(c1ccn(C)n1)C(C)(C)N(C)C. The maximum Gasteiger partial charge on any atom is 0.0812 e. The molecule has 0 radical (unpaired) electrons. The molecule has 4 heteroatoms. The smallest absolute Gasteiger partial charge is 0.0812 e. The van der Waals surface area contributed by atoms with Crippen molar-refractivity contribution in [3.8, 4) is 0 Å². The fourth-order valence-electron chi connectivity index (χ4n) is 1.77. The van der Waals surface area contributed by atoms with Gasteiger partial charge in [0.15, 0.2) is 0 Å². The van der Waals surface area contributed by atoms with E-state index in [-0.39, 0.29) is 11.6 Å². The Kier molecular flexibility index (Phi) is 4.10. The second-order valence-corrected chi connectivity index (χ2v) is 4.95. The molecule has 1 heterocycles. The molecule has 0 aliphatic heterocycles. The third-order valence-corrected chi connectivity index (χ3v) is 3.30. The lowest BCUT2D eigenvalue weighted by atomic mass is 9.90. The first-order valence-electron chi connectivity index (χ1n) is 5.80. The van der Waals surface area contributed by atoms with Gasteiger partial charge < -0.3 is 10.2 Å². The number of hydrogen-bond acceptors (Lipinski definition) is 3. The van der Waals surface area contributed by atoms with E-state index in [2.05, 4.69) is 56.2 Å². The van der Waals surface area contributed by atoms with Crippen LogP contribution in [0.2, 0.25) is 0 Å². The molecule has 1 aromatic heterocycles.